The summed E-state index contributed by atoms with van der Waals surface area (Å²) in [6.45, 7) is 5.83. The number of hydrogen-bond donors (Lipinski definition) is 0. The van der Waals surface area contributed by atoms with Gasteiger partial charge in [-0.05, 0) is 13.3 Å². The van der Waals surface area contributed by atoms with Crippen LogP contribution in [0.25, 0.3) is 0 Å². The van der Waals surface area contributed by atoms with Gasteiger partial charge in [-0.15, -0.1) is 0 Å². The summed E-state index contributed by atoms with van der Waals surface area (Å²) in [6.07, 6.45) is 7.86. The van der Waals surface area contributed by atoms with E-state index in [0.29, 0.717) is 19.8 Å². The van der Waals surface area contributed by atoms with Crippen molar-refractivity contribution in [3.63, 3.8) is 0 Å². The maximum absolute atomic E-state index is 11.3. The molecular weight excluding hydrogens is 324 g/mol. The minimum Gasteiger partial charge on any atom is -0.379 e. The lowest BCUT2D eigenvalue weighted by Crippen LogP contribution is -2.16. The predicted molar refractivity (Wildman–Crippen MR) is 87.2 cm³/mol. The Hall–Kier alpha value is -0.250. The summed E-state index contributed by atoms with van der Waals surface area (Å²) < 4.78 is 41.7. The average Bonchev–Trinajstić information content (AvgIpc) is 2.52. The van der Waals surface area contributed by atoms with Crippen LogP contribution >= 0.6 is 0 Å². The van der Waals surface area contributed by atoms with Gasteiger partial charge in [0.1, 0.15) is 0 Å². The zero-order chi connectivity index (χ0) is 17.2. The van der Waals surface area contributed by atoms with Crippen LogP contribution in [-0.2, 0) is 33.3 Å². The highest BCUT2D eigenvalue weighted by Gasteiger charge is 2.12. The molecule has 0 aliphatic rings. The molecule has 0 aliphatic carbocycles. The van der Waals surface area contributed by atoms with Crippen molar-refractivity contribution in [3.05, 3.63) is 0 Å². The molecule has 0 rings (SSSR count). The molecule has 0 heterocycles. The normalized spacial score (nSPS) is 11.9. The molecule has 8 heteroatoms. The Bertz CT molecular complexity index is 333. The molecular formula is C15H32O7S. The van der Waals surface area contributed by atoms with Crippen molar-refractivity contribution in [1.82, 2.24) is 0 Å². The minimum absolute atomic E-state index is 0.116. The van der Waals surface area contributed by atoms with Crippen LogP contribution < -0.4 is 0 Å². The zero-order valence-electron chi connectivity index (χ0n) is 14.5. The van der Waals surface area contributed by atoms with Gasteiger partial charge in [0, 0.05) is 6.61 Å². The summed E-state index contributed by atoms with van der Waals surface area (Å²) >= 11 is 0. The Balaban J connectivity index is 3.37. The molecule has 0 radical (unpaired) electrons. The van der Waals surface area contributed by atoms with Gasteiger partial charge < -0.3 is 9.47 Å². The third kappa shape index (κ3) is 17.9. The zero-order valence-corrected chi connectivity index (χ0v) is 15.3. The van der Waals surface area contributed by atoms with Gasteiger partial charge in [-0.2, -0.15) is 8.42 Å². The molecule has 0 N–H and O–H groups in total. The van der Waals surface area contributed by atoms with Crippen LogP contribution in [0.3, 0.4) is 0 Å². The average molecular weight is 356 g/mol. The van der Waals surface area contributed by atoms with Crippen molar-refractivity contribution in [2.24, 2.45) is 0 Å². The van der Waals surface area contributed by atoms with E-state index in [9.17, 15) is 8.42 Å². The molecule has 0 saturated heterocycles. The summed E-state index contributed by atoms with van der Waals surface area (Å²) in [4.78, 5) is 4.66. The van der Waals surface area contributed by atoms with E-state index in [2.05, 4.69) is 20.3 Å². The van der Waals surface area contributed by atoms with E-state index in [1.54, 1.807) is 0 Å². The number of hydrogen-bond acceptors (Lipinski definition) is 7. The largest absolute Gasteiger partial charge is 0.426 e. The molecule has 0 bridgehead atoms. The van der Waals surface area contributed by atoms with E-state index in [-0.39, 0.29) is 19.8 Å². The first kappa shape index (κ1) is 22.8. The number of rotatable bonds is 18. The maximum atomic E-state index is 11.3. The summed E-state index contributed by atoms with van der Waals surface area (Å²) in [5.74, 6) is 0. The molecule has 7 nitrogen and oxygen atoms in total. The topological polar surface area (TPSA) is 80.3 Å². The molecule has 0 unspecified atom stereocenters. The summed E-state index contributed by atoms with van der Waals surface area (Å²) in [6, 6.07) is 0. The second kappa shape index (κ2) is 16.6. The fourth-order valence-corrected chi connectivity index (χ4v) is 2.29. The smallest absolute Gasteiger partial charge is 0.379 e. The van der Waals surface area contributed by atoms with Gasteiger partial charge in [-0.3, -0.25) is 0 Å². The van der Waals surface area contributed by atoms with Crippen LogP contribution in [0.15, 0.2) is 0 Å². The lowest BCUT2D eigenvalue weighted by molar-refractivity contribution is -0.210. The number of ether oxygens (including phenoxy) is 2. The van der Waals surface area contributed by atoms with E-state index in [1.807, 2.05) is 6.92 Å². The molecule has 23 heavy (non-hydrogen) atoms. The van der Waals surface area contributed by atoms with Crippen molar-refractivity contribution >= 4 is 10.4 Å². The Morgan fingerprint density at radius 3 is 2.00 bits per heavy atom. The summed E-state index contributed by atoms with van der Waals surface area (Å²) in [5, 5.41) is 0. The lowest BCUT2D eigenvalue weighted by atomic mass is 10.1. The summed E-state index contributed by atoms with van der Waals surface area (Å²) in [5.41, 5.74) is 0. The molecule has 0 fully saturated rings. The van der Waals surface area contributed by atoms with E-state index < -0.39 is 10.4 Å². The van der Waals surface area contributed by atoms with Gasteiger partial charge in [0.15, 0.2) is 0 Å². The van der Waals surface area contributed by atoms with Gasteiger partial charge in [0.25, 0.3) is 0 Å². The fourth-order valence-electron chi connectivity index (χ4n) is 1.79. The van der Waals surface area contributed by atoms with Crippen molar-refractivity contribution in [2.75, 3.05) is 39.6 Å². The minimum atomic E-state index is -4.12. The Labute approximate surface area is 140 Å². The SMILES string of the molecule is CCCCCCCCCOOS(=O)(=O)OCCOCCOCC. The van der Waals surface area contributed by atoms with Crippen LogP contribution in [0.4, 0.5) is 0 Å². The third-order valence-electron chi connectivity index (χ3n) is 2.99. The Kier molecular flexibility index (Phi) is 16.4. The van der Waals surface area contributed by atoms with E-state index in [0.717, 1.165) is 19.3 Å². The molecule has 0 amide bonds. The molecule has 0 aromatic rings. The van der Waals surface area contributed by atoms with Gasteiger partial charge >= 0.3 is 10.4 Å². The first-order valence-corrected chi connectivity index (χ1v) is 9.81. The second-order valence-electron chi connectivity index (χ2n) is 5.05. The monoisotopic (exact) mass is 356 g/mol. The Morgan fingerprint density at radius 2 is 1.30 bits per heavy atom. The molecule has 0 atom stereocenters. The molecule has 140 valence electrons. The lowest BCUT2D eigenvalue weighted by Gasteiger charge is -2.06. The second-order valence-corrected chi connectivity index (χ2v) is 6.24. The highest BCUT2D eigenvalue weighted by molar-refractivity contribution is 7.81. The Morgan fingerprint density at radius 1 is 0.696 bits per heavy atom. The van der Waals surface area contributed by atoms with Gasteiger partial charge in [0.2, 0.25) is 0 Å². The highest BCUT2D eigenvalue weighted by Crippen LogP contribution is 2.07. The fraction of sp³-hybridized carbons (Fsp3) is 1.00. The standard InChI is InChI=1S/C15H32O7S/c1-3-5-6-7-8-9-10-11-20-22-23(16,17)21-15-14-19-13-12-18-4-2/h3-15H2,1-2H3. The van der Waals surface area contributed by atoms with Crippen LogP contribution in [0, 0.1) is 0 Å². The third-order valence-corrected chi connectivity index (χ3v) is 3.71. The predicted octanol–water partition coefficient (Wildman–Crippen LogP) is 3.00. The summed E-state index contributed by atoms with van der Waals surface area (Å²) in [7, 11) is -4.12. The highest BCUT2D eigenvalue weighted by atomic mass is 32.3. The van der Waals surface area contributed by atoms with Crippen molar-refractivity contribution in [1.29, 1.82) is 0 Å². The maximum Gasteiger partial charge on any atom is 0.426 e. The number of unbranched alkanes of at least 4 members (excludes halogenated alkanes) is 6. The van der Waals surface area contributed by atoms with E-state index in [1.165, 1.54) is 25.7 Å². The van der Waals surface area contributed by atoms with Crippen LogP contribution in [-0.4, -0.2) is 48.1 Å². The molecule has 0 spiro atoms. The van der Waals surface area contributed by atoms with Crippen LogP contribution in [0.5, 0.6) is 0 Å². The molecule has 0 aromatic heterocycles. The molecule has 0 saturated carbocycles. The first-order valence-electron chi connectivity index (χ1n) is 8.48. The first-order chi connectivity index (χ1) is 11.1. The van der Waals surface area contributed by atoms with Gasteiger partial charge in [-0.1, -0.05) is 49.8 Å². The van der Waals surface area contributed by atoms with Crippen molar-refractivity contribution in [3.8, 4) is 0 Å². The van der Waals surface area contributed by atoms with Gasteiger partial charge in [0.05, 0.1) is 33.0 Å². The molecule has 0 aliphatic heterocycles. The van der Waals surface area contributed by atoms with Crippen LogP contribution in [0.1, 0.15) is 58.8 Å². The van der Waals surface area contributed by atoms with Crippen LogP contribution in [0.2, 0.25) is 0 Å². The quantitative estimate of drug-likeness (QED) is 0.212. The van der Waals surface area contributed by atoms with Crippen molar-refractivity contribution < 1.29 is 31.3 Å². The van der Waals surface area contributed by atoms with E-state index in [4.69, 9.17) is 9.47 Å². The van der Waals surface area contributed by atoms with Gasteiger partial charge in [-0.25, -0.2) is 9.07 Å². The molecule has 0 aromatic carbocycles. The van der Waals surface area contributed by atoms with E-state index >= 15 is 0 Å². The van der Waals surface area contributed by atoms with Crippen molar-refractivity contribution in [2.45, 2.75) is 58.8 Å².